The molecule has 0 amide bonds. The number of nitrogens with one attached hydrogen (secondary N) is 1. The number of hydrogen-bond donors (Lipinski definition) is 2. The summed E-state index contributed by atoms with van der Waals surface area (Å²) in [5, 5.41) is 14.1. The molecule has 0 aliphatic rings. The Bertz CT molecular complexity index is 628. The van der Waals surface area contributed by atoms with E-state index in [2.05, 4.69) is 10.3 Å². The number of methoxy groups -OCH3 is 1. The van der Waals surface area contributed by atoms with Gasteiger partial charge in [0.2, 0.25) is 0 Å². The Labute approximate surface area is 124 Å². The summed E-state index contributed by atoms with van der Waals surface area (Å²) in [4.78, 5) is 16.1. The number of para-hydroxylation sites is 1. The van der Waals surface area contributed by atoms with Gasteiger partial charge < -0.3 is 9.84 Å². The van der Waals surface area contributed by atoms with Gasteiger partial charge in [-0.25, -0.2) is 4.98 Å². The number of aliphatic hydroxyl groups is 1. The molecule has 2 rings (SSSR count). The highest BCUT2D eigenvalue weighted by Crippen LogP contribution is 2.17. The molecular weight excluding hydrogens is 268 g/mol. The number of esters is 1. The molecule has 0 bridgehead atoms. The Kier molecular flexibility index (Phi) is 4.88. The lowest BCUT2D eigenvalue weighted by molar-refractivity contribution is -0.145. The van der Waals surface area contributed by atoms with Gasteiger partial charge in [-0.2, -0.15) is 0 Å². The molecule has 0 spiro atoms. The van der Waals surface area contributed by atoms with E-state index in [-0.39, 0.29) is 5.92 Å². The zero-order valence-electron chi connectivity index (χ0n) is 12.4. The third-order valence-electron chi connectivity index (χ3n) is 3.36. The van der Waals surface area contributed by atoms with E-state index in [1.807, 2.05) is 44.2 Å². The molecule has 5 nitrogen and oxygen atoms in total. The lowest BCUT2D eigenvalue weighted by Crippen LogP contribution is -2.43. The molecule has 21 heavy (non-hydrogen) atoms. The molecule has 1 aromatic heterocycles. The van der Waals surface area contributed by atoms with Crippen molar-refractivity contribution in [1.82, 2.24) is 10.3 Å². The third-order valence-corrected chi connectivity index (χ3v) is 3.36. The van der Waals surface area contributed by atoms with Crippen LogP contribution >= 0.6 is 0 Å². The first-order valence-electron chi connectivity index (χ1n) is 6.90. The third kappa shape index (κ3) is 3.56. The largest absolute Gasteiger partial charge is 0.468 e. The molecule has 0 saturated carbocycles. The Balaban J connectivity index is 2.20. The number of rotatable bonds is 5. The van der Waals surface area contributed by atoms with Gasteiger partial charge in [-0.1, -0.05) is 38.1 Å². The Hall–Kier alpha value is -1.98. The van der Waals surface area contributed by atoms with Crippen molar-refractivity contribution in [2.75, 3.05) is 7.11 Å². The predicted octanol–water partition coefficient (Wildman–Crippen LogP) is 2.01. The van der Waals surface area contributed by atoms with Crippen LogP contribution in [-0.4, -0.2) is 29.2 Å². The summed E-state index contributed by atoms with van der Waals surface area (Å²) in [7, 11) is 1.33. The van der Waals surface area contributed by atoms with Crippen molar-refractivity contribution < 1.29 is 14.6 Å². The molecule has 0 fully saturated rings. The van der Waals surface area contributed by atoms with Crippen LogP contribution in [0.4, 0.5) is 0 Å². The topological polar surface area (TPSA) is 71.5 Å². The van der Waals surface area contributed by atoms with E-state index < -0.39 is 18.2 Å². The average molecular weight is 288 g/mol. The number of aliphatic hydroxyl groups excluding tert-OH is 1. The van der Waals surface area contributed by atoms with Crippen molar-refractivity contribution in [3.63, 3.8) is 0 Å². The number of benzene rings is 1. The summed E-state index contributed by atoms with van der Waals surface area (Å²) in [5.41, 5.74) is 1.28. The number of fused-ring (bicyclic) bond motifs is 1. The summed E-state index contributed by atoms with van der Waals surface area (Å²) in [6.45, 7) is 3.77. The van der Waals surface area contributed by atoms with Gasteiger partial charge in [0.15, 0.2) is 0 Å². The highest BCUT2D eigenvalue weighted by molar-refractivity contribution is 5.78. The van der Waals surface area contributed by atoms with E-state index in [0.29, 0.717) is 5.69 Å². The molecule has 2 unspecified atom stereocenters. The van der Waals surface area contributed by atoms with Gasteiger partial charge in [-0.15, -0.1) is 0 Å². The van der Waals surface area contributed by atoms with Gasteiger partial charge >= 0.3 is 5.97 Å². The van der Waals surface area contributed by atoms with Crippen LogP contribution in [0.15, 0.2) is 36.4 Å². The molecule has 1 heterocycles. The van der Waals surface area contributed by atoms with Crippen molar-refractivity contribution in [3.05, 3.63) is 42.1 Å². The first-order valence-corrected chi connectivity index (χ1v) is 6.90. The average Bonchev–Trinajstić information content (AvgIpc) is 2.50. The zero-order valence-corrected chi connectivity index (χ0v) is 12.4. The van der Waals surface area contributed by atoms with Gasteiger partial charge in [0, 0.05) is 5.39 Å². The minimum Gasteiger partial charge on any atom is -0.468 e. The standard InChI is InChI=1S/C16H20N2O3/c1-10(2)14(16(20)21-3)18-15(19)13-9-8-11-6-4-5-7-12(11)17-13/h4-10,14-15,18-19H,1-3H3. The molecule has 0 aliphatic heterocycles. The fraction of sp³-hybridized carbons (Fsp3) is 0.375. The molecule has 2 atom stereocenters. The van der Waals surface area contributed by atoms with Crippen LogP contribution in [0.3, 0.4) is 0 Å². The van der Waals surface area contributed by atoms with Gasteiger partial charge in [-0.05, 0) is 18.1 Å². The fourth-order valence-electron chi connectivity index (χ4n) is 2.15. The van der Waals surface area contributed by atoms with Crippen LogP contribution in [0.25, 0.3) is 10.9 Å². The van der Waals surface area contributed by atoms with Gasteiger partial charge in [0.25, 0.3) is 0 Å². The summed E-state index contributed by atoms with van der Waals surface area (Å²) in [5.74, 6) is -0.405. The number of aromatic nitrogens is 1. The van der Waals surface area contributed by atoms with Gasteiger partial charge in [-0.3, -0.25) is 10.1 Å². The molecule has 2 aromatic rings. The maximum atomic E-state index is 11.7. The summed E-state index contributed by atoms with van der Waals surface area (Å²) in [6, 6.07) is 10.7. The number of hydrogen-bond acceptors (Lipinski definition) is 5. The molecule has 5 heteroatoms. The molecule has 0 aliphatic carbocycles. The second-order valence-corrected chi connectivity index (χ2v) is 5.24. The van der Waals surface area contributed by atoms with Gasteiger partial charge in [0.1, 0.15) is 12.3 Å². The SMILES string of the molecule is COC(=O)C(NC(O)c1ccc2ccccc2n1)C(C)C. The molecule has 2 N–H and O–H groups in total. The van der Waals surface area contributed by atoms with Crippen molar-refractivity contribution in [2.24, 2.45) is 5.92 Å². The molecule has 0 saturated heterocycles. The number of nitrogens with zero attached hydrogens (tertiary/aromatic N) is 1. The van der Waals surface area contributed by atoms with Crippen LogP contribution in [0.5, 0.6) is 0 Å². The Morgan fingerprint density at radius 3 is 2.62 bits per heavy atom. The van der Waals surface area contributed by atoms with Crippen LogP contribution < -0.4 is 5.32 Å². The van der Waals surface area contributed by atoms with Crippen LogP contribution in [0, 0.1) is 5.92 Å². The maximum Gasteiger partial charge on any atom is 0.323 e. The minimum atomic E-state index is -1.03. The molecule has 0 radical (unpaired) electrons. The van der Waals surface area contributed by atoms with E-state index in [1.54, 1.807) is 6.07 Å². The van der Waals surface area contributed by atoms with E-state index in [1.165, 1.54) is 7.11 Å². The molecule has 112 valence electrons. The number of pyridine rings is 1. The summed E-state index contributed by atoms with van der Waals surface area (Å²) in [6.07, 6.45) is -1.03. The maximum absolute atomic E-state index is 11.7. The van der Waals surface area contributed by atoms with E-state index in [4.69, 9.17) is 4.74 Å². The van der Waals surface area contributed by atoms with E-state index >= 15 is 0 Å². The first-order chi connectivity index (χ1) is 10.0. The van der Waals surface area contributed by atoms with Crippen molar-refractivity contribution in [3.8, 4) is 0 Å². The van der Waals surface area contributed by atoms with E-state index in [0.717, 1.165) is 10.9 Å². The highest BCUT2D eigenvalue weighted by atomic mass is 16.5. The lowest BCUT2D eigenvalue weighted by Gasteiger charge is -2.23. The fourth-order valence-corrected chi connectivity index (χ4v) is 2.15. The normalized spacial score (nSPS) is 14.1. The summed E-state index contributed by atoms with van der Waals surface area (Å²) >= 11 is 0. The first kappa shape index (κ1) is 15.4. The smallest absolute Gasteiger partial charge is 0.323 e. The predicted molar refractivity (Wildman–Crippen MR) is 80.5 cm³/mol. The Morgan fingerprint density at radius 1 is 1.24 bits per heavy atom. The quantitative estimate of drug-likeness (QED) is 0.650. The van der Waals surface area contributed by atoms with Gasteiger partial charge in [0.05, 0.1) is 18.3 Å². The molecule has 1 aromatic carbocycles. The highest BCUT2D eigenvalue weighted by Gasteiger charge is 2.26. The second kappa shape index (κ2) is 6.65. The lowest BCUT2D eigenvalue weighted by atomic mass is 10.0. The second-order valence-electron chi connectivity index (χ2n) is 5.24. The van der Waals surface area contributed by atoms with Crippen LogP contribution in [-0.2, 0) is 9.53 Å². The van der Waals surface area contributed by atoms with Crippen LogP contribution in [0.1, 0.15) is 25.8 Å². The zero-order chi connectivity index (χ0) is 15.4. The van der Waals surface area contributed by atoms with Crippen LogP contribution in [0.2, 0.25) is 0 Å². The summed E-state index contributed by atoms with van der Waals surface area (Å²) < 4.78 is 4.75. The van der Waals surface area contributed by atoms with E-state index in [9.17, 15) is 9.90 Å². The Morgan fingerprint density at radius 2 is 1.95 bits per heavy atom. The number of carbonyl (C=O) groups is 1. The molecular formula is C16H20N2O3. The monoisotopic (exact) mass is 288 g/mol. The van der Waals surface area contributed by atoms with Crippen molar-refractivity contribution in [1.29, 1.82) is 0 Å². The minimum absolute atomic E-state index is 0.00689. The number of ether oxygens (including phenoxy) is 1. The van der Waals surface area contributed by atoms with Crippen molar-refractivity contribution in [2.45, 2.75) is 26.1 Å². The number of carbonyl (C=O) groups excluding carboxylic acids is 1. The van der Waals surface area contributed by atoms with Crippen molar-refractivity contribution >= 4 is 16.9 Å².